The molecular weight excluding hydrogens is 378 g/mol. The summed E-state index contributed by atoms with van der Waals surface area (Å²) in [6.45, 7) is 6.00. The predicted octanol–water partition coefficient (Wildman–Crippen LogP) is 3.26. The first-order valence-corrected chi connectivity index (χ1v) is 10.2. The molecule has 4 aromatic rings. The summed E-state index contributed by atoms with van der Waals surface area (Å²) in [5.41, 5.74) is 4.80. The SMILES string of the molecule is Cc1cn2cc(-c3cc4ccc(N(C)C5CCN(C)C5)cc4oc3=O)nc2c(C)n1. The Labute approximate surface area is 174 Å². The molecule has 30 heavy (non-hydrogen) atoms. The maximum Gasteiger partial charge on any atom is 0.345 e. The van der Waals surface area contributed by atoms with Crippen LogP contribution in [0.4, 0.5) is 5.69 Å². The summed E-state index contributed by atoms with van der Waals surface area (Å²) in [7, 11) is 4.25. The van der Waals surface area contributed by atoms with Crippen molar-refractivity contribution in [3.8, 4) is 11.3 Å². The van der Waals surface area contributed by atoms with Crippen molar-refractivity contribution in [3.05, 3.63) is 58.5 Å². The van der Waals surface area contributed by atoms with Gasteiger partial charge in [-0.05, 0) is 52.1 Å². The molecule has 0 aliphatic carbocycles. The zero-order valence-corrected chi connectivity index (χ0v) is 17.7. The molecule has 4 heterocycles. The van der Waals surface area contributed by atoms with Crippen LogP contribution in [0.25, 0.3) is 27.9 Å². The van der Waals surface area contributed by atoms with Crippen molar-refractivity contribution in [1.29, 1.82) is 0 Å². The lowest BCUT2D eigenvalue weighted by atomic mass is 10.1. The van der Waals surface area contributed by atoms with Crippen molar-refractivity contribution in [1.82, 2.24) is 19.3 Å². The minimum absolute atomic E-state index is 0.381. The average molecular weight is 403 g/mol. The molecule has 0 radical (unpaired) electrons. The highest BCUT2D eigenvalue weighted by atomic mass is 16.4. The molecule has 3 aromatic heterocycles. The number of likely N-dealkylation sites (tertiary alicyclic amines) is 1. The molecule has 154 valence electrons. The number of nitrogens with zero attached hydrogens (tertiary/aromatic N) is 5. The summed E-state index contributed by atoms with van der Waals surface area (Å²) < 4.78 is 7.62. The van der Waals surface area contributed by atoms with Gasteiger partial charge in [0.1, 0.15) is 5.58 Å². The van der Waals surface area contributed by atoms with Crippen molar-refractivity contribution >= 4 is 22.3 Å². The van der Waals surface area contributed by atoms with Gasteiger partial charge in [-0.3, -0.25) is 4.98 Å². The van der Waals surface area contributed by atoms with Crippen molar-refractivity contribution < 1.29 is 4.42 Å². The van der Waals surface area contributed by atoms with Gasteiger partial charge in [-0.1, -0.05) is 0 Å². The zero-order chi connectivity index (χ0) is 21.0. The van der Waals surface area contributed by atoms with Crippen LogP contribution in [0, 0.1) is 13.8 Å². The van der Waals surface area contributed by atoms with E-state index in [1.807, 2.05) is 48.8 Å². The average Bonchev–Trinajstić information content (AvgIpc) is 3.33. The lowest BCUT2D eigenvalue weighted by Gasteiger charge is -2.26. The van der Waals surface area contributed by atoms with E-state index >= 15 is 0 Å². The van der Waals surface area contributed by atoms with E-state index in [1.165, 1.54) is 0 Å². The van der Waals surface area contributed by atoms with Crippen molar-refractivity contribution in [2.45, 2.75) is 26.3 Å². The molecular formula is C23H25N5O2. The Morgan fingerprint density at radius 3 is 2.77 bits per heavy atom. The van der Waals surface area contributed by atoms with Gasteiger partial charge in [-0.15, -0.1) is 0 Å². The molecule has 7 heteroatoms. The number of likely N-dealkylation sites (N-methyl/N-ethyl adjacent to an activating group) is 2. The Bertz CT molecular complexity index is 1320. The van der Waals surface area contributed by atoms with Crippen LogP contribution in [0.2, 0.25) is 0 Å². The van der Waals surface area contributed by atoms with Crippen LogP contribution in [0.3, 0.4) is 0 Å². The van der Waals surface area contributed by atoms with E-state index in [0.29, 0.717) is 22.9 Å². The van der Waals surface area contributed by atoms with Gasteiger partial charge in [0.2, 0.25) is 0 Å². The highest BCUT2D eigenvalue weighted by Crippen LogP contribution is 2.27. The van der Waals surface area contributed by atoms with Gasteiger partial charge in [0.05, 0.1) is 22.6 Å². The molecule has 0 spiro atoms. The molecule has 1 saturated heterocycles. The van der Waals surface area contributed by atoms with Crippen LogP contribution in [0.15, 0.2) is 45.9 Å². The molecule has 7 nitrogen and oxygen atoms in total. The van der Waals surface area contributed by atoms with Crippen molar-refractivity contribution in [2.24, 2.45) is 0 Å². The fourth-order valence-electron chi connectivity index (χ4n) is 4.37. The standard InChI is InChI=1S/C23H25N5O2/c1-14-11-28-13-20(25-22(28)15(2)24-14)19-9-16-5-6-17(10-21(16)30-23(19)29)27(4)18-7-8-26(3)12-18/h5-6,9-11,13,18H,7-8,12H2,1-4H3. The largest absolute Gasteiger partial charge is 0.422 e. The summed E-state index contributed by atoms with van der Waals surface area (Å²) in [6, 6.07) is 8.40. The smallest absolute Gasteiger partial charge is 0.345 e. The van der Waals surface area contributed by atoms with E-state index in [2.05, 4.69) is 39.9 Å². The second kappa shape index (κ2) is 6.95. The predicted molar refractivity (Wildman–Crippen MR) is 118 cm³/mol. The molecule has 0 amide bonds. The first-order chi connectivity index (χ1) is 14.4. The fourth-order valence-corrected chi connectivity index (χ4v) is 4.37. The third kappa shape index (κ3) is 3.15. The van der Waals surface area contributed by atoms with E-state index < -0.39 is 0 Å². The molecule has 1 atom stereocenters. The Hall–Kier alpha value is -3.19. The molecule has 1 fully saturated rings. The normalized spacial score (nSPS) is 17.3. The number of hydrogen-bond acceptors (Lipinski definition) is 6. The second-order valence-electron chi connectivity index (χ2n) is 8.31. The second-order valence-corrected chi connectivity index (χ2v) is 8.31. The lowest BCUT2D eigenvalue weighted by molar-refractivity contribution is 0.409. The van der Waals surface area contributed by atoms with Gasteiger partial charge in [0.15, 0.2) is 5.65 Å². The molecule has 5 rings (SSSR count). The quantitative estimate of drug-likeness (QED) is 0.489. The number of aryl methyl sites for hydroxylation is 2. The van der Waals surface area contributed by atoms with E-state index in [9.17, 15) is 4.79 Å². The number of imidazole rings is 1. The van der Waals surface area contributed by atoms with E-state index in [0.717, 1.165) is 47.6 Å². The summed E-state index contributed by atoms with van der Waals surface area (Å²) >= 11 is 0. The highest BCUT2D eigenvalue weighted by molar-refractivity contribution is 5.84. The number of hydrogen-bond donors (Lipinski definition) is 0. The number of rotatable bonds is 3. The van der Waals surface area contributed by atoms with Crippen LogP contribution in [0.1, 0.15) is 17.8 Å². The van der Waals surface area contributed by atoms with Gasteiger partial charge in [-0.2, -0.15) is 0 Å². The molecule has 1 aliphatic heterocycles. The Kier molecular flexibility index (Phi) is 4.36. The van der Waals surface area contributed by atoms with Crippen molar-refractivity contribution in [2.75, 3.05) is 32.1 Å². The minimum Gasteiger partial charge on any atom is -0.422 e. The first kappa shape index (κ1) is 18.8. The topological polar surface area (TPSA) is 66.9 Å². The Balaban J connectivity index is 1.55. The van der Waals surface area contributed by atoms with Gasteiger partial charge in [0, 0.05) is 49.2 Å². The van der Waals surface area contributed by atoms with Crippen LogP contribution in [0.5, 0.6) is 0 Å². The number of anilines is 1. The minimum atomic E-state index is -0.381. The third-order valence-corrected chi connectivity index (χ3v) is 6.04. The maximum atomic E-state index is 12.8. The van der Waals surface area contributed by atoms with E-state index in [-0.39, 0.29) is 5.63 Å². The first-order valence-electron chi connectivity index (χ1n) is 10.2. The van der Waals surface area contributed by atoms with Gasteiger partial charge < -0.3 is 18.6 Å². The summed E-state index contributed by atoms with van der Waals surface area (Å²) in [6.07, 6.45) is 4.90. The number of aromatic nitrogens is 3. The van der Waals surface area contributed by atoms with Crippen LogP contribution in [-0.4, -0.2) is 52.5 Å². The molecule has 1 unspecified atom stereocenters. The van der Waals surface area contributed by atoms with Crippen LogP contribution < -0.4 is 10.5 Å². The van der Waals surface area contributed by atoms with Gasteiger partial charge in [0.25, 0.3) is 0 Å². The molecule has 0 N–H and O–H groups in total. The lowest BCUT2D eigenvalue weighted by Crippen LogP contribution is -2.33. The zero-order valence-electron chi connectivity index (χ0n) is 17.7. The maximum absolute atomic E-state index is 12.8. The van der Waals surface area contributed by atoms with E-state index in [4.69, 9.17) is 4.42 Å². The van der Waals surface area contributed by atoms with Gasteiger partial charge in [-0.25, -0.2) is 9.78 Å². The highest BCUT2D eigenvalue weighted by Gasteiger charge is 2.24. The monoisotopic (exact) mass is 403 g/mol. The molecule has 1 aliphatic rings. The van der Waals surface area contributed by atoms with E-state index in [1.54, 1.807) is 0 Å². The molecule has 0 saturated carbocycles. The number of benzene rings is 1. The third-order valence-electron chi connectivity index (χ3n) is 6.04. The van der Waals surface area contributed by atoms with Crippen LogP contribution >= 0.6 is 0 Å². The van der Waals surface area contributed by atoms with Crippen molar-refractivity contribution in [3.63, 3.8) is 0 Å². The Morgan fingerprint density at radius 1 is 1.17 bits per heavy atom. The van der Waals surface area contributed by atoms with Crippen LogP contribution in [-0.2, 0) is 0 Å². The number of fused-ring (bicyclic) bond motifs is 2. The fraction of sp³-hybridized carbons (Fsp3) is 0.348. The Morgan fingerprint density at radius 2 is 2.00 bits per heavy atom. The van der Waals surface area contributed by atoms with Gasteiger partial charge >= 0.3 is 5.63 Å². The summed E-state index contributed by atoms with van der Waals surface area (Å²) in [5, 5.41) is 0.883. The molecule has 0 bridgehead atoms. The summed E-state index contributed by atoms with van der Waals surface area (Å²) in [4.78, 5) is 26.5. The summed E-state index contributed by atoms with van der Waals surface area (Å²) in [5.74, 6) is 0. The molecule has 1 aromatic carbocycles.